The van der Waals surface area contributed by atoms with Crippen LogP contribution >= 0.6 is 24.0 Å². The Morgan fingerprint density at radius 3 is 2.91 bits per heavy atom. The van der Waals surface area contributed by atoms with Crippen molar-refractivity contribution in [1.29, 1.82) is 0 Å². The molecule has 0 aliphatic carbocycles. The van der Waals surface area contributed by atoms with E-state index in [4.69, 9.17) is 15.2 Å². The number of hydrogen-bond donors (Lipinski definition) is 2. The lowest BCUT2D eigenvalue weighted by atomic mass is 10.0. The van der Waals surface area contributed by atoms with Gasteiger partial charge in [0.15, 0.2) is 5.96 Å². The lowest BCUT2D eigenvalue weighted by molar-refractivity contribution is 0.0224. The van der Waals surface area contributed by atoms with Crippen LogP contribution in [0.3, 0.4) is 0 Å². The van der Waals surface area contributed by atoms with E-state index in [2.05, 4.69) is 16.4 Å². The lowest BCUT2D eigenvalue weighted by Crippen LogP contribution is -2.38. The summed E-state index contributed by atoms with van der Waals surface area (Å²) in [6, 6.07) is 8.24. The first kappa shape index (κ1) is 17.3. The Morgan fingerprint density at radius 1 is 1.23 bits per heavy atom. The second-order valence-electron chi connectivity index (χ2n) is 5.59. The van der Waals surface area contributed by atoms with Crippen LogP contribution in [0.15, 0.2) is 29.3 Å². The van der Waals surface area contributed by atoms with Crippen LogP contribution in [0.2, 0.25) is 0 Å². The average Bonchev–Trinajstić information content (AvgIpc) is 2.54. The number of nitrogens with zero attached hydrogens (tertiary/aromatic N) is 1. The van der Waals surface area contributed by atoms with Crippen LogP contribution in [-0.2, 0) is 4.74 Å². The van der Waals surface area contributed by atoms with Gasteiger partial charge in [0.05, 0.1) is 25.3 Å². The molecule has 0 amide bonds. The van der Waals surface area contributed by atoms with Gasteiger partial charge in [-0.2, -0.15) is 0 Å². The smallest absolute Gasteiger partial charge is 0.189 e. The number of ether oxygens (including phenoxy) is 2. The number of para-hydroxylation sites is 1. The highest BCUT2D eigenvalue weighted by molar-refractivity contribution is 14.0. The van der Waals surface area contributed by atoms with Crippen molar-refractivity contribution in [3.05, 3.63) is 29.8 Å². The molecule has 1 fully saturated rings. The molecule has 0 radical (unpaired) electrons. The van der Waals surface area contributed by atoms with Gasteiger partial charge in [0.2, 0.25) is 0 Å². The number of halogens is 1. The molecule has 0 saturated carbocycles. The highest BCUT2D eigenvalue weighted by atomic mass is 127. The third-order valence-corrected chi connectivity index (χ3v) is 4.02. The van der Waals surface area contributed by atoms with Gasteiger partial charge in [0.1, 0.15) is 5.75 Å². The number of hydrogen-bond acceptors (Lipinski definition) is 3. The minimum absolute atomic E-state index is 0. The topological polar surface area (TPSA) is 68.9 Å². The molecule has 122 valence electrons. The van der Waals surface area contributed by atoms with Crippen LogP contribution in [0.5, 0.6) is 5.75 Å². The Labute approximate surface area is 148 Å². The highest BCUT2D eigenvalue weighted by Gasteiger charge is 2.21. The van der Waals surface area contributed by atoms with Crippen molar-refractivity contribution in [1.82, 2.24) is 5.32 Å². The van der Waals surface area contributed by atoms with Crippen molar-refractivity contribution >= 4 is 29.9 Å². The van der Waals surface area contributed by atoms with Gasteiger partial charge < -0.3 is 20.5 Å². The summed E-state index contributed by atoms with van der Waals surface area (Å²) in [4.78, 5) is 4.43. The summed E-state index contributed by atoms with van der Waals surface area (Å²) in [5.41, 5.74) is 7.17. The quantitative estimate of drug-likeness (QED) is 0.451. The van der Waals surface area contributed by atoms with E-state index < -0.39 is 0 Å². The van der Waals surface area contributed by atoms with Crippen LogP contribution in [0.25, 0.3) is 0 Å². The Bertz CT molecular complexity index is 504. The lowest BCUT2D eigenvalue weighted by Gasteiger charge is -2.27. The second kappa shape index (κ2) is 8.57. The van der Waals surface area contributed by atoms with E-state index in [1.165, 1.54) is 6.42 Å². The van der Waals surface area contributed by atoms with Crippen molar-refractivity contribution < 1.29 is 9.47 Å². The first-order valence-electron chi connectivity index (χ1n) is 7.73. The first-order chi connectivity index (χ1) is 10.3. The summed E-state index contributed by atoms with van der Waals surface area (Å²) in [6.07, 6.45) is 4.58. The molecule has 6 heteroatoms. The standard InChI is InChI=1S/C16H23N3O2.HI/c17-16(18-11-12-5-3-4-9-20-12)19-14-8-10-21-15-7-2-1-6-13(14)15;/h1-2,6-7,12,14H,3-5,8-11H2,(H3,17,18,19);1H. The maximum atomic E-state index is 6.02. The van der Waals surface area contributed by atoms with Crippen molar-refractivity contribution in [3.8, 4) is 5.75 Å². The summed E-state index contributed by atoms with van der Waals surface area (Å²) >= 11 is 0. The number of nitrogens with one attached hydrogen (secondary N) is 1. The number of rotatable bonds is 3. The largest absolute Gasteiger partial charge is 0.493 e. The molecule has 5 nitrogen and oxygen atoms in total. The van der Waals surface area contributed by atoms with E-state index in [1.54, 1.807) is 0 Å². The van der Waals surface area contributed by atoms with Crippen molar-refractivity contribution in [3.63, 3.8) is 0 Å². The van der Waals surface area contributed by atoms with Gasteiger partial charge in [-0.25, -0.2) is 0 Å². The summed E-state index contributed by atoms with van der Waals surface area (Å²) in [5.74, 6) is 1.43. The molecular weight excluding hydrogens is 393 g/mol. The van der Waals surface area contributed by atoms with Gasteiger partial charge in [0.25, 0.3) is 0 Å². The molecule has 1 saturated heterocycles. The minimum atomic E-state index is 0. The molecule has 0 spiro atoms. The first-order valence-corrected chi connectivity index (χ1v) is 7.73. The number of fused-ring (bicyclic) bond motifs is 1. The zero-order valence-electron chi connectivity index (χ0n) is 12.7. The molecule has 22 heavy (non-hydrogen) atoms. The number of nitrogens with two attached hydrogens (primary N) is 1. The van der Waals surface area contributed by atoms with Gasteiger partial charge in [-0.1, -0.05) is 18.2 Å². The molecule has 3 N–H and O–H groups in total. The average molecular weight is 417 g/mol. The fourth-order valence-electron chi connectivity index (χ4n) is 2.87. The normalized spacial score (nSPS) is 24.6. The van der Waals surface area contributed by atoms with Crippen molar-refractivity contribution in [2.24, 2.45) is 10.7 Å². The number of guanidine groups is 1. The zero-order valence-corrected chi connectivity index (χ0v) is 15.0. The maximum absolute atomic E-state index is 6.02. The van der Waals surface area contributed by atoms with E-state index in [0.29, 0.717) is 19.1 Å². The van der Waals surface area contributed by atoms with Gasteiger partial charge >= 0.3 is 0 Å². The molecule has 3 rings (SSSR count). The summed E-state index contributed by atoms with van der Waals surface area (Å²) < 4.78 is 11.3. The molecule has 2 heterocycles. The molecule has 0 bridgehead atoms. The Kier molecular flexibility index (Phi) is 6.75. The maximum Gasteiger partial charge on any atom is 0.189 e. The Morgan fingerprint density at radius 2 is 2.09 bits per heavy atom. The minimum Gasteiger partial charge on any atom is -0.493 e. The molecule has 2 aliphatic rings. The third kappa shape index (κ3) is 4.49. The third-order valence-electron chi connectivity index (χ3n) is 4.02. The Hall–Kier alpha value is -1.02. The summed E-state index contributed by atoms with van der Waals surface area (Å²) in [5, 5.41) is 3.31. The monoisotopic (exact) mass is 417 g/mol. The molecule has 0 aromatic heterocycles. The molecular formula is C16H24IN3O2. The fourth-order valence-corrected chi connectivity index (χ4v) is 2.87. The number of aliphatic imine (C=N–C) groups is 1. The van der Waals surface area contributed by atoms with E-state index in [9.17, 15) is 0 Å². The summed E-state index contributed by atoms with van der Waals surface area (Å²) in [7, 11) is 0. The fraction of sp³-hybridized carbons (Fsp3) is 0.562. The highest BCUT2D eigenvalue weighted by Crippen LogP contribution is 2.31. The van der Waals surface area contributed by atoms with Crippen molar-refractivity contribution in [2.75, 3.05) is 19.8 Å². The molecule has 2 aliphatic heterocycles. The number of benzene rings is 1. The van der Waals surface area contributed by atoms with Gasteiger partial charge in [-0.3, -0.25) is 4.99 Å². The Balaban J connectivity index is 0.00000176. The van der Waals surface area contributed by atoms with Gasteiger partial charge in [0, 0.05) is 18.6 Å². The van der Waals surface area contributed by atoms with E-state index in [1.807, 2.05) is 18.2 Å². The molecule has 1 aromatic rings. The van der Waals surface area contributed by atoms with Crippen LogP contribution in [-0.4, -0.2) is 31.8 Å². The van der Waals surface area contributed by atoms with Crippen LogP contribution < -0.4 is 15.8 Å². The van der Waals surface area contributed by atoms with Crippen LogP contribution in [0.4, 0.5) is 0 Å². The molecule has 2 unspecified atom stereocenters. The SMILES string of the molecule is I.NC(=NCC1CCCCO1)NC1CCOc2ccccc21. The molecule has 2 atom stereocenters. The molecule has 1 aromatic carbocycles. The van der Waals surface area contributed by atoms with Crippen molar-refractivity contribution in [2.45, 2.75) is 37.8 Å². The summed E-state index contributed by atoms with van der Waals surface area (Å²) in [6.45, 7) is 2.19. The predicted octanol–water partition coefficient (Wildman–Crippen LogP) is 2.60. The van der Waals surface area contributed by atoms with E-state index in [0.717, 1.165) is 37.2 Å². The zero-order chi connectivity index (χ0) is 14.5. The van der Waals surface area contributed by atoms with Gasteiger partial charge in [-0.15, -0.1) is 24.0 Å². The predicted molar refractivity (Wildman–Crippen MR) is 97.9 cm³/mol. The van der Waals surface area contributed by atoms with E-state index >= 15 is 0 Å². The van der Waals surface area contributed by atoms with Crippen LogP contribution in [0.1, 0.15) is 37.3 Å². The van der Waals surface area contributed by atoms with Gasteiger partial charge in [-0.05, 0) is 25.3 Å². The second-order valence-corrected chi connectivity index (χ2v) is 5.59. The van der Waals surface area contributed by atoms with E-state index in [-0.39, 0.29) is 36.1 Å². The van der Waals surface area contributed by atoms with Crippen LogP contribution in [0, 0.1) is 0 Å².